The van der Waals surface area contributed by atoms with Crippen LogP contribution in [-0.2, 0) is 11.2 Å². The van der Waals surface area contributed by atoms with Crippen LogP contribution >= 0.6 is 0 Å². The number of rotatable bonds is 10. The normalized spacial score (nSPS) is 17.0. The first-order chi connectivity index (χ1) is 15.2. The highest BCUT2D eigenvalue weighted by Crippen LogP contribution is 2.22. The van der Waals surface area contributed by atoms with Crippen LogP contribution in [0.5, 0.6) is 5.75 Å². The van der Waals surface area contributed by atoms with Crippen molar-refractivity contribution in [2.45, 2.75) is 32.1 Å². The minimum absolute atomic E-state index is 0.240. The second-order valence-corrected chi connectivity index (χ2v) is 8.34. The number of aromatic nitrogens is 1. The lowest BCUT2D eigenvalue weighted by atomic mass is 9.93. The average Bonchev–Trinajstić information content (AvgIpc) is 2.82. The van der Waals surface area contributed by atoms with Gasteiger partial charge in [-0.2, -0.15) is 0 Å². The zero-order chi connectivity index (χ0) is 21.9. The summed E-state index contributed by atoms with van der Waals surface area (Å²) >= 11 is 0. The van der Waals surface area contributed by atoms with Crippen molar-refractivity contribution < 1.29 is 9.53 Å². The summed E-state index contributed by atoms with van der Waals surface area (Å²) in [6.45, 7) is 3.86. The number of likely N-dealkylation sites (N-methyl/N-ethyl adjacent to an activating group) is 1. The SMILES string of the molecule is COc1ccccc1/C=C/CN1CCCC(CCC(=O)N(C)CCc2ccccn2)C1. The molecule has 31 heavy (non-hydrogen) atoms. The van der Waals surface area contributed by atoms with E-state index in [4.69, 9.17) is 4.74 Å². The largest absolute Gasteiger partial charge is 0.496 e. The van der Waals surface area contributed by atoms with Gasteiger partial charge in [0.2, 0.25) is 5.91 Å². The van der Waals surface area contributed by atoms with Gasteiger partial charge in [-0.05, 0) is 49.9 Å². The van der Waals surface area contributed by atoms with E-state index < -0.39 is 0 Å². The Morgan fingerprint density at radius 3 is 2.90 bits per heavy atom. The number of hydrogen-bond donors (Lipinski definition) is 0. The number of ether oxygens (including phenoxy) is 1. The predicted molar refractivity (Wildman–Crippen MR) is 126 cm³/mol. The Morgan fingerprint density at radius 1 is 1.26 bits per heavy atom. The third-order valence-corrected chi connectivity index (χ3v) is 6.02. The van der Waals surface area contributed by atoms with Crippen molar-refractivity contribution in [3.8, 4) is 5.75 Å². The summed E-state index contributed by atoms with van der Waals surface area (Å²) in [6.07, 6.45) is 11.0. The molecule has 1 aromatic heterocycles. The van der Waals surface area contributed by atoms with Crippen LogP contribution in [0.2, 0.25) is 0 Å². The van der Waals surface area contributed by atoms with E-state index in [-0.39, 0.29) is 5.91 Å². The number of benzene rings is 1. The zero-order valence-electron chi connectivity index (χ0n) is 18.9. The summed E-state index contributed by atoms with van der Waals surface area (Å²) in [5, 5.41) is 0. The van der Waals surface area contributed by atoms with Gasteiger partial charge in [0, 0.05) is 57.0 Å². The van der Waals surface area contributed by atoms with Crippen LogP contribution < -0.4 is 4.74 Å². The van der Waals surface area contributed by atoms with Gasteiger partial charge in [0.05, 0.1) is 7.11 Å². The summed E-state index contributed by atoms with van der Waals surface area (Å²) in [6, 6.07) is 14.0. The minimum Gasteiger partial charge on any atom is -0.496 e. The van der Waals surface area contributed by atoms with Crippen LogP contribution in [0.3, 0.4) is 0 Å². The second-order valence-electron chi connectivity index (χ2n) is 8.34. The summed E-state index contributed by atoms with van der Waals surface area (Å²) in [4.78, 5) is 21.2. The van der Waals surface area contributed by atoms with Gasteiger partial charge in [0.1, 0.15) is 5.75 Å². The molecule has 5 nitrogen and oxygen atoms in total. The number of likely N-dealkylation sites (tertiary alicyclic amines) is 1. The van der Waals surface area contributed by atoms with Gasteiger partial charge in [-0.15, -0.1) is 0 Å². The number of hydrogen-bond acceptors (Lipinski definition) is 4. The number of amides is 1. The van der Waals surface area contributed by atoms with Crippen LogP contribution in [0.4, 0.5) is 0 Å². The molecule has 1 aromatic carbocycles. The van der Waals surface area contributed by atoms with Crippen molar-refractivity contribution in [1.82, 2.24) is 14.8 Å². The molecule has 1 aliphatic heterocycles. The van der Waals surface area contributed by atoms with E-state index in [9.17, 15) is 4.79 Å². The zero-order valence-corrected chi connectivity index (χ0v) is 18.9. The minimum atomic E-state index is 0.240. The molecule has 1 amide bonds. The van der Waals surface area contributed by atoms with Crippen molar-refractivity contribution in [2.75, 3.05) is 40.3 Å². The molecule has 0 N–H and O–H groups in total. The first-order valence-corrected chi connectivity index (χ1v) is 11.3. The molecule has 1 fully saturated rings. The molecule has 1 unspecified atom stereocenters. The summed E-state index contributed by atoms with van der Waals surface area (Å²) < 4.78 is 5.42. The second kappa shape index (κ2) is 12.3. The highest BCUT2D eigenvalue weighted by molar-refractivity contribution is 5.75. The standard InChI is InChI=1S/C26H35N3O2/c1-28(20-16-24-12-5-6-17-27-24)26(30)15-14-22-9-7-18-29(21-22)19-8-11-23-10-3-4-13-25(23)31-2/h3-6,8,10-13,17,22H,7,9,14-16,18-21H2,1-2H3/b11-8+. The Kier molecular flexibility index (Phi) is 9.10. The Labute approximate surface area is 186 Å². The van der Waals surface area contributed by atoms with Crippen molar-refractivity contribution >= 4 is 12.0 Å². The van der Waals surface area contributed by atoms with Crippen molar-refractivity contribution in [1.29, 1.82) is 0 Å². The van der Waals surface area contributed by atoms with E-state index in [1.54, 1.807) is 13.3 Å². The number of pyridine rings is 1. The monoisotopic (exact) mass is 421 g/mol. The number of carbonyl (C=O) groups excluding carboxylic acids is 1. The lowest BCUT2D eigenvalue weighted by Gasteiger charge is -2.32. The summed E-state index contributed by atoms with van der Waals surface area (Å²) in [5.41, 5.74) is 2.14. The van der Waals surface area contributed by atoms with Crippen LogP contribution in [0.1, 0.15) is 36.9 Å². The maximum Gasteiger partial charge on any atom is 0.222 e. The molecule has 0 aliphatic carbocycles. The van der Waals surface area contributed by atoms with E-state index in [0.717, 1.165) is 56.0 Å². The summed E-state index contributed by atoms with van der Waals surface area (Å²) in [7, 11) is 3.61. The lowest BCUT2D eigenvalue weighted by Crippen LogP contribution is -2.36. The van der Waals surface area contributed by atoms with Crippen molar-refractivity contribution in [3.05, 3.63) is 66.0 Å². The fourth-order valence-electron chi connectivity index (χ4n) is 4.16. The van der Waals surface area contributed by atoms with Gasteiger partial charge in [-0.3, -0.25) is 14.7 Å². The van der Waals surface area contributed by atoms with Crippen molar-refractivity contribution in [3.63, 3.8) is 0 Å². The first kappa shape index (κ1) is 23.0. The van der Waals surface area contributed by atoms with Crippen LogP contribution in [0.25, 0.3) is 6.08 Å². The van der Waals surface area contributed by atoms with Gasteiger partial charge >= 0.3 is 0 Å². The average molecular weight is 422 g/mol. The Hall–Kier alpha value is -2.66. The summed E-state index contributed by atoms with van der Waals surface area (Å²) in [5.74, 6) is 1.74. The van der Waals surface area contributed by atoms with Gasteiger partial charge in [-0.1, -0.05) is 36.4 Å². The molecule has 0 bridgehead atoms. The van der Waals surface area contributed by atoms with E-state index >= 15 is 0 Å². The molecule has 2 aromatic rings. The van der Waals surface area contributed by atoms with Crippen molar-refractivity contribution in [2.24, 2.45) is 5.92 Å². The highest BCUT2D eigenvalue weighted by atomic mass is 16.5. The van der Waals surface area contributed by atoms with Crippen LogP contribution in [-0.4, -0.2) is 61.0 Å². The van der Waals surface area contributed by atoms with Gasteiger partial charge in [-0.25, -0.2) is 0 Å². The fraction of sp³-hybridized carbons (Fsp3) is 0.462. The van der Waals surface area contributed by atoms with Crippen LogP contribution in [0, 0.1) is 5.92 Å². The molecule has 1 aliphatic rings. The number of methoxy groups -OCH3 is 1. The molecule has 0 radical (unpaired) electrons. The maximum absolute atomic E-state index is 12.5. The first-order valence-electron chi connectivity index (χ1n) is 11.3. The van der Waals surface area contributed by atoms with E-state index in [1.807, 2.05) is 48.3 Å². The topological polar surface area (TPSA) is 45.7 Å². The molecule has 1 atom stereocenters. The lowest BCUT2D eigenvalue weighted by molar-refractivity contribution is -0.130. The molecule has 2 heterocycles. The number of carbonyl (C=O) groups is 1. The third kappa shape index (κ3) is 7.51. The Bertz CT molecular complexity index is 838. The molecule has 5 heteroatoms. The Balaban J connectivity index is 1.39. The van der Waals surface area contributed by atoms with Gasteiger partial charge in [0.15, 0.2) is 0 Å². The molecule has 166 valence electrons. The maximum atomic E-state index is 12.5. The fourth-order valence-corrected chi connectivity index (χ4v) is 4.16. The quantitative estimate of drug-likeness (QED) is 0.574. The predicted octanol–water partition coefficient (Wildman–Crippen LogP) is 4.30. The van der Waals surface area contributed by atoms with Gasteiger partial charge < -0.3 is 9.64 Å². The molecule has 1 saturated heterocycles. The number of para-hydroxylation sites is 1. The van der Waals surface area contributed by atoms with E-state index in [2.05, 4.69) is 28.1 Å². The highest BCUT2D eigenvalue weighted by Gasteiger charge is 2.20. The molecule has 0 saturated carbocycles. The van der Waals surface area contributed by atoms with E-state index in [0.29, 0.717) is 12.3 Å². The third-order valence-electron chi connectivity index (χ3n) is 6.02. The van der Waals surface area contributed by atoms with E-state index in [1.165, 1.54) is 12.8 Å². The molecule has 3 rings (SSSR count). The van der Waals surface area contributed by atoms with Gasteiger partial charge in [0.25, 0.3) is 0 Å². The van der Waals surface area contributed by atoms with Crippen LogP contribution in [0.15, 0.2) is 54.7 Å². The number of piperidine rings is 1. The smallest absolute Gasteiger partial charge is 0.222 e. The molecule has 0 spiro atoms. The Morgan fingerprint density at radius 2 is 2.10 bits per heavy atom. The molecular weight excluding hydrogens is 386 g/mol. The number of nitrogens with zero attached hydrogens (tertiary/aromatic N) is 3. The molecular formula is C26H35N3O2.